The first-order chi connectivity index (χ1) is 7.74. The molecular weight excluding hydrogens is 202 g/mol. The van der Waals surface area contributed by atoms with Gasteiger partial charge in [0, 0.05) is 13.6 Å². The lowest BCUT2D eigenvalue weighted by atomic mass is 10.3. The van der Waals surface area contributed by atoms with Gasteiger partial charge in [-0.15, -0.1) is 6.58 Å². The fraction of sp³-hybridized carbons (Fsp3) is 0.167. The molecule has 4 nitrogen and oxygen atoms in total. The second-order valence-corrected chi connectivity index (χ2v) is 3.48. The summed E-state index contributed by atoms with van der Waals surface area (Å²) in [5.74, 6) is 0.238. The number of aryl methyl sites for hydroxylation is 1. The summed E-state index contributed by atoms with van der Waals surface area (Å²) in [7, 11) is 1.83. The van der Waals surface area contributed by atoms with Crippen molar-refractivity contribution < 1.29 is 4.79 Å². The summed E-state index contributed by atoms with van der Waals surface area (Å²) in [6.45, 7) is 4.00. The Bertz CT molecular complexity index is 542. The van der Waals surface area contributed by atoms with Crippen LogP contribution in [0.2, 0.25) is 0 Å². The fourth-order valence-electron chi connectivity index (χ4n) is 1.59. The summed E-state index contributed by atoms with van der Waals surface area (Å²) < 4.78 is 1.79. The highest BCUT2D eigenvalue weighted by atomic mass is 16.2. The molecule has 4 heteroatoms. The van der Waals surface area contributed by atoms with Crippen molar-refractivity contribution in [1.82, 2.24) is 14.9 Å². The van der Waals surface area contributed by atoms with Gasteiger partial charge in [0.25, 0.3) is 5.91 Å². The molecule has 1 aromatic carbocycles. The molecule has 1 aromatic heterocycles. The SMILES string of the molecule is C=CCNC(=O)c1nc2ccccc2n1C. The van der Waals surface area contributed by atoms with Gasteiger partial charge in [-0.05, 0) is 12.1 Å². The van der Waals surface area contributed by atoms with Crippen LogP contribution in [0, 0.1) is 0 Å². The van der Waals surface area contributed by atoms with Crippen LogP contribution in [0.3, 0.4) is 0 Å². The van der Waals surface area contributed by atoms with Crippen LogP contribution in [0.4, 0.5) is 0 Å². The number of nitrogens with zero attached hydrogens (tertiary/aromatic N) is 2. The van der Waals surface area contributed by atoms with Crippen molar-refractivity contribution in [3.63, 3.8) is 0 Å². The zero-order chi connectivity index (χ0) is 11.5. The Hall–Kier alpha value is -2.10. The zero-order valence-corrected chi connectivity index (χ0v) is 9.10. The van der Waals surface area contributed by atoms with Gasteiger partial charge in [0.2, 0.25) is 0 Å². The van der Waals surface area contributed by atoms with E-state index in [-0.39, 0.29) is 5.91 Å². The summed E-state index contributed by atoms with van der Waals surface area (Å²) in [6.07, 6.45) is 1.64. The van der Waals surface area contributed by atoms with E-state index in [1.807, 2.05) is 31.3 Å². The summed E-state index contributed by atoms with van der Waals surface area (Å²) in [5.41, 5.74) is 1.78. The van der Waals surface area contributed by atoms with Crippen LogP contribution in [-0.2, 0) is 7.05 Å². The molecule has 0 saturated carbocycles. The van der Waals surface area contributed by atoms with E-state index < -0.39 is 0 Å². The number of imidazole rings is 1. The van der Waals surface area contributed by atoms with Gasteiger partial charge in [0.05, 0.1) is 11.0 Å². The molecule has 1 N–H and O–H groups in total. The van der Waals surface area contributed by atoms with Crippen LogP contribution in [0.5, 0.6) is 0 Å². The van der Waals surface area contributed by atoms with Crippen LogP contribution < -0.4 is 5.32 Å². The Balaban J connectivity index is 2.41. The number of fused-ring (bicyclic) bond motifs is 1. The number of hydrogen-bond acceptors (Lipinski definition) is 2. The van der Waals surface area contributed by atoms with Gasteiger partial charge in [-0.25, -0.2) is 4.98 Å². The van der Waals surface area contributed by atoms with Crippen molar-refractivity contribution in [2.24, 2.45) is 7.05 Å². The topological polar surface area (TPSA) is 46.9 Å². The minimum absolute atomic E-state index is 0.182. The predicted octanol–water partition coefficient (Wildman–Crippen LogP) is 1.49. The van der Waals surface area contributed by atoms with Crippen LogP contribution in [-0.4, -0.2) is 22.0 Å². The molecule has 2 aromatic rings. The van der Waals surface area contributed by atoms with Gasteiger partial charge in [0.15, 0.2) is 5.82 Å². The lowest BCUT2D eigenvalue weighted by molar-refractivity contribution is 0.0945. The third-order valence-corrected chi connectivity index (χ3v) is 2.40. The number of rotatable bonds is 3. The summed E-state index contributed by atoms with van der Waals surface area (Å²) in [6, 6.07) is 7.66. The van der Waals surface area contributed by atoms with E-state index >= 15 is 0 Å². The monoisotopic (exact) mass is 215 g/mol. The van der Waals surface area contributed by atoms with E-state index in [2.05, 4.69) is 16.9 Å². The van der Waals surface area contributed by atoms with Gasteiger partial charge >= 0.3 is 0 Å². The van der Waals surface area contributed by atoms with Gasteiger partial charge in [-0.2, -0.15) is 0 Å². The third-order valence-electron chi connectivity index (χ3n) is 2.40. The van der Waals surface area contributed by atoms with Crippen molar-refractivity contribution in [2.75, 3.05) is 6.54 Å². The van der Waals surface area contributed by atoms with E-state index in [0.29, 0.717) is 12.4 Å². The van der Waals surface area contributed by atoms with E-state index in [1.165, 1.54) is 0 Å². The first-order valence-electron chi connectivity index (χ1n) is 5.04. The molecule has 0 atom stereocenters. The molecule has 2 rings (SSSR count). The molecule has 0 aliphatic heterocycles. The maximum absolute atomic E-state index is 11.8. The standard InChI is InChI=1S/C12H13N3O/c1-3-8-13-12(16)11-14-9-6-4-5-7-10(9)15(11)2/h3-7H,1,8H2,2H3,(H,13,16). The third kappa shape index (κ3) is 1.69. The maximum atomic E-state index is 11.8. The first-order valence-corrected chi connectivity index (χ1v) is 5.04. The van der Waals surface area contributed by atoms with Crippen molar-refractivity contribution >= 4 is 16.9 Å². The average Bonchev–Trinajstić information content (AvgIpc) is 2.64. The Morgan fingerprint density at radius 3 is 3.00 bits per heavy atom. The quantitative estimate of drug-likeness (QED) is 0.788. The number of benzene rings is 1. The molecule has 0 fully saturated rings. The molecule has 0 bridgehead atoms. The maximum Gasteiger partial charge on any atom is 0.287 e. The number of hydrogen-bond donors (Lipinski definition) is 1. The van der Waals surface area contributed by atoms with Gasteiger partial charge in [-0.3, -0.25) is 4.79 Å². The molecule has 0 unspecified atom stereocenters. The highest BCUT2D eigenvalue weighted by Crippen LogP contribution is 2.13. The largest absolute Gasteiger partial charge is 0.346 e. The Morgan fingerprint density at radius 2 is 2.31 bits per heavy atom. The molecule has 0 radical (unpaired) electrons. The van der Waals surface area contributed by atoms with Crippen LogP contribution in [0.25, 0.3) is 11.0 Å². The summed E-state index contributed by atoms with van der Waals surface area (Å²) in [4.78, 5) is 16.0. The smallest absolute Gasteiger partial charge is 0.287 e. The molecule has 82 valence electrons. The predicted molar refractivity (Wildman–Crippen MR) is 63.2 cm³/mol. The summed E-state index contributed by atoms with van der Waals surface area (Å²) >= 11 is 0. The van der Waals surface area contributed by atoms with Crippen LogP contribution >= 0.6 is 0 Å². The minimum Gasteiger partial charge on any atom is -0.346 e. The first kappa shape index (κ1) is 10.4. The lowest BCUT2D eigenvalue weighted by Crippen LogP contribution is -2.26. The molecular formula is C12H13N3O. The van der Waals surface area contributed by atoms with E-state index in [9.17, 15) is 4.79 Å². The fourth-order valence-corrected chi connectivity index (χ4v) is 1.59. The molecule has 0 spiro atoms. The van der Waals surface area contributed by atoms with E-state index in [0.717, 1.165) is 11.0 Å². The van der Waals surface area contributed by atoms with Crippen molar-refractivity contribution in [3.8, 4) is 0 Å². The molecule has 0 aliphatic carbocycles. The normalized spacial score (nSPS) is 10.3. The number of para-hydroxylation sites is 2. The van der Waals surface area contributed by atoms with Gasteiger partial charge in [0.1, 0.15) is 0 Å². The molecule has 16 heavy (non-hydrogen) atoms. The second kappa shape index (κ2) is 4.18. The van der Waals surface area contributed by atoms with E-state index in [4.69, 9.17) is 0 Å². The van der Waals surface area contributed by atoms with Gasteiger partial charge in [-0.1, -0.05) is 18.2 Å². The van der Waals surface area contributed by atoms with Crippen molar-refractivity contribution in [1.29, 1.82) is 0 Å². The second-order valence-electron chi connectivity index (χ2n) is 3.48. The highest BCUT2D eigenvalue weighted by molar-refractivity contribution is 5.94. The van der Waals surface area contributed by atoms with Crippen LogP contribution in [0.1, 0.15) is 10.6 Å². The molecule has 0 saturated heterocycles. The minimum atomic E-state index is -0.182. The Labute approximate surface area is 93.6 Å². The molecule has 1 amide bonds. The number of carbonyl (C=O) groups excluding carboxylic acids is 1. The van der Waals surface area contributed by atoms with Gasteiger partial charge < -0.3 is 9.88 Å². The van der Waals surface area contributed by atoms with Crippen molar-refractivity contribution in [3.05, 3.63) is 42.7 Å². The van der Waals surface area contributed by atoms with Crippen molar-refractivity contribution in [2.45, 2.75) is 0 Å². The molecule has 0 aliphatic rings. The van der Waals surface area contributed by atoms with Crippen LogP contribution in [0.15, 0.2) is 36.9 Å². The highest BCUT2D eigenvalue weighted by Gasteiger charge is 2.13. The number of amides is 1. The summed E-state index contributed by atoms with van der Waals surface area (Å²) in [5, 5.41) is 2.71. The number of carbonyl (C=O) groups is 1. The number of aromatic nitrogens is 2. The average molecular weight is 215 g/mol. The Morgan fingerprint density at radius 1 is 1.56 bits per heavy atom. The lowest BCUT2D eigenvalue weighted by Gasteiger charge is -2.01. The van der Waals surface area contributed by atoms with E-state index in [1.54, 1.807) is 10.6 Å². The Kier molecular flexibility index (Phi) is 2.72. The number of nitrogens with one attached hydrogen (secondary N) is 1. The molecule has 1 heterocycles. The zero-order valence-electron chi connectivity index (χ0n) is 9.10.